The third-order valence-corrected chi connectivity index (χ3v) is 6.87. The maximum absolute atomic E-state index is 14.6. The van der Waals surface area contributed by atoms with Crippen LogP contribution >= 0.6 is 0 Å². The minimum Gasteiger partial charge on any atom is -0.483 e. The molecule has 3 aromatic carbocycles. The number of amides is 1. The van der Waals surface area contributed by atoms with Gasteiger partial charge in [0.1, 0.15) is 11.6 Å². The second kappa shape index (κ2) is 10.7. The lowest BCUT2D eigenvalue weighted by Crippen LogP contribution is -2.41. The van der Waals surface area contributed by atoms with Crippen LogP contribution in [0.5, 0.6) is 17.2 Å². The van der Waals surface area contributed by atoms with E-state index in [-0.39, 0.29) is 24.9 Å². The SMILES string of the molecule is N#Cc1ccc(-c2ccccc2OCC(=O)N2CCC(CCc3ccc4c(c3)OCO4)CC2)c(F)c1. The van der Waals surface area contributed by atoms with Crippen molar-refractivity contribution in [2.24, 2.45) is 5.92 Å². The number of benzene rings is 3. The molecule has 1 fully saturated rings. The molecule has 3 aromatic rings. The first-order chi connectivity index (χ1) is 17.6. The van der Waals surface area contributed by atoms with E-state index in [1.165, 1.54) is 11.6 Å². The fraction of sp³-hybridized carbons (Fsp3) is 0.310. The molecule has 5 rings (SSSR count). The highest BCUT2D eigenvalue weighted by atomic mass is 19.1. The van der Waals surface area contributed by atoms with Crippen LogP contribution in [0.1, 0.15) is 30.4 Å². The number of nitrogens with zero attached hydrogens (tertiary/aromatic N) is 2. The maximum Gasteiger partial charge on any atom is 0.260 e. The molecule has 0 bridgehead atoms. The van der Waals surface area contributed by atoms with E-state index >= 15 is 0 Å². The molecular formula is C29H27FN2O4. The Balaban J connectivity index is 1.12. The van der Waals surface area contributed by atoms with E-state index in [4.69, 9.17) is 19.5 Å². The summed E-state index contributed by atoms with van der Waals surface area (Å²) in [5.41, 5.74) is 2.38. The van der Waals surface area contributed by atoms with Gasteiger partial charge in [0, 0.05) is 24.2 Å². The highest BCUT2D eigenvalue weighted by molar-refractivity contribution is 5.78. The monoisotopic (exact) mass is 486 g/mol. The summed E-state index contributed by atoms with van der Waals surface area (Å²) in [7, 11) is 0. The summed E-state index contributed by atoms with van der Waals surface area (Å²) in [6.45, 7) is 1.60. The third-order valence-electron chi connectivity index (χ3n) is 6.87. The van der Waals surface area contributed by atoms with E-state index < -0.39 is 5.82 Å². The van der Waals surface area contributed by atoms with Crippen LogP contribution in [0.2, 0.25) is 0 Å². The Bertz CT molecular complexity index is 1290. The van der Waals surface area contributed by atoms with Gasteiger partial charge in [0.25, 0.3) is 5.91 Å². The first-order valence-electron chi connectivity index (χ1n) is 12.2. The molecule has 2 aliphatic rings. The number of halogens is 1. The molecule has 0 N–H and O–H groups in total. The lowest BCUT2D eigenvalue weighted by atomic mass is 9.90. The summed E-state index contributed by atoms with van der Waals surface area (Å²) in [5, 5.41) is 8.98. The van der Waals surface area contributed by atoms with Crippen LogP contribution in [0.4, 0.5) is 4.39 Å². The molecular weight excluding hydrogens is 459 g/mol. The average molecular weight is 487 g/mol. The van der Waals surface area contributed by atoms with Crippen LogP contribution in [0.3, 0.4) is 0 Å². The minimum absolute atomic E-state index is 0.0701. The molecule has 0 saturated carbocycles. The Morgan fingerprint density at radius 2 is 1.83 bits per heavy atom. The van der Waals surface area contributed by atoms with Gasteiger partial charge in [-0.15, -0.1) is 0 Å². The fourth-order valence-electron chi connectivity index (χ4n) is 4.79. The zero-order valence-corrected chi connectivity index (χ0v) is 19.9. The highest BCUT2D eigenvalue weighted by Gasteiger charge is 2.24. The molecule has 0 radical (unpaired) electrons. The molecule has 0 atom stereocenters. The molecule has 6 nitrogen and oxygen atoms in total. The van der Waals surface area contributed by atoms with Crippen molar-refractivity contribution in [1.29, 1.82) is 5.26 Å². The quantitative estimate of drug-likeness (QED) is 0.451. The van der Waals surface area contributed by atoms with Crippen molar-refractivity contribution in [2.75, 3.05) is 26.5 Å². The number of hydrogen-bond donors (Lipinski definition) is 0. The average Bonchev–Trinajstić information content (AvgIpc) is 3.39. The second-order valence-electron chi connectivity index (χ2n) is 9.14. The largest absolute Gasteiger partial charge is 0.483 e. The summed E-state index contributed by atoms with van der Waals surface area (Å²) >= 11 is 0. The zero-order valence-electron chi connectivity index (χ0n) is 19.9. The number of aryl methyl sites for hydroxylation is 1. The number of rotatable bonds is 7. The molecule has 1 saturated heterocycles. The summed E-state index contributed by atoms with van der Waals surface area (Å²) < 4.78 is 31.2. The van der Waals surface area contributed by atoms with Gasteiger partial charge in [0.05, 0.1) is 11.6 Å². The van der Waals surface area contributed by atoms with Crippen LogP contribution < -0.4 is 14.2 Å². The predicted octanol–water partition coefficient (Wildman–Crippen LogP) is 5.34. The molecule has 2 heterocycles. The van der Waals surface area contributed by atoms with Gasteiger partial charge in [0.2, 0.25) is 6.79 Å². The molecule has 1 amide bonds. The van der Waals surface area contributed by atoms with Gasteiger partial charge in [-0.05, 0) is 73.6 Å². The summed E-state index contributed by atoms with van der Waals surface area (Å²) in [6, 6.07) is 19.4. The van der Waals surface area contributed by atoms with Gasteiger partial charge in [-0.3, -0.25) is 4.79 Å². The van der Waals surface area contributed by atoms with Crippen molar-refractivity contribution in [2.45, 2.75) is 25.7 Å². The zero-order chi connectivity index (χ0) is 24.9. The lowest BCUT2D eigenvalue weighted by molar-refractivity contribution is -0.134. The predicted molar refractivity (Wildman–Crippen MR) is 132 cm³/mol. The van der Waals surface area contributed by atoms with Crippen LogP contribution in [-0.2, 0) is 11.2 Å². The van der Waals surface area contributed by atoms with Crippen molar-refractivity contribution >= 4 is 5.91 Å². The maximum atomic E-state index is 14.6. The van der Waals surface area contributed by atoms with Gasteiger partial charge in [-0.25, -0.2) is 4.39 Å². The normalized spacial score (nSPS) is 14.9. The van der Waals surface area contributed by atoms with E-state index in [0.29, 0.717) is 35.9 Å². The van der Waals surface area contributed by atoms with E-state index in [2.05, 4.69) is 12.1 Å². The minimum atomic E-state index is -0.501. The van der Waals surface area contributed by atoms with Crippen molar-refractivity contribution < 1.29 is 23.4 Å². The molecule has 0 unspecified atom stereocenters. The Morgan fingerprint density at radius 1 is 1.03 bits per heavy atom. The molecule has 7 heteroatoms. The number of ether oxygens (including phenoxy) is 3. The fourth-order valence-corrected chi connectivity index (χ4v) is 4.79. The Labute approximate surface area is 209 Å². The van der Waals surface area contributed by atoms with Crippen molar-refractivity contribution in [1.82, 2.24) is 4.90 Å². The Kier molecular flexibility index (Phi) is 7.03. The van der Waals surface area contributed by atoms with Crippen LogP contribution in [0, 0.1) is 23.1 Å². The topological polar surface area (TPSA) is 71.8 Å². The first kappa shape index (κ1) is 23.7. The number of carbonyl (C=O) groups excluding carboxylic acids is 1. The van der Waals surface area contributed by atoms with Gasteiger partial charge in [-0.2, -0.15) is 5.26 Å². The van der Waals surface area contributed by atoms with Crippen LogP contribution in [0.15, 0.2) is 60.7 Å². The number of carbonyl (C=O) groups is 1. The highest BCUT2D eigenvalue weighted by Crippen LogP contribution is 2.34. The Hall–Kier alpha value is -4.05. The second-order valence-corrected chi connectivity index (χ2v) is 9.14. The first-order valence-corrected chi connectivity index (χ1v) is 12.2. The number of fused-ring (bicyclic) bond motifs is 1. The van der Waals surface area contributed by atoms with Crippen molar-refractivity contribution in [3.63, 3.8) is 0 Å². The number of hydrogen-bond acceptors (Lipinski definition) is 5. The smallest absolute Gasteiger partial charge is 0.260 e. The molecule has 0 spiro atoms. The van der Waals surface area contributed by atoms with Crippen molar-refractivity contribution in [3.8, 4) is 34.4 Å². The molecule has 184 valence electrons. The summed E-state index contributed by atoms with van der Waals surface area (Å²) in [6.07, 6.45) is 3.97. The standard InChI is InChI=1S/C29H27FN2O4/c30-25-15-22(17-31)7-9-23(25)24-3-1-2-4-26(24)34-18-29(33)32-13-11-20(12-14-32)5-6-21-8-10-27-28(16-21)36-19-35-27/h1-4,7-10,15-16,20H,5-6,11-14,18-19H2. The summed E-state index contributed by atoms with van der Waals surface area (Å²) in [4.78, 5) is 14.7. The molecule has 2 aliphatic heterocycles. The van der Waals surface area contributed by atoms with E-state index in [1.54, 1.807) is 36.4 Å². The number of para-hydroxylation sites is 1. The van der Waals surface area contributed by atoms with E-state index in [9.17, 15) is 9.18 Å². The Morgan fingerprint density at radius 3 is 2.64 bits per heavy atom. The van der Waals surface area contributed by atoms with Gasteiger partial charge in [0.15, 0.2) is 18.1 Å². The number of likely N-dealkylation sites (tertiary alicyclic amines) is 1. The molecule has 0 aliphatic carbocycles. The van der Waals surface area contributed by atoms with E-state index in [1.807, 2.05) is 17.0 Å². The third kappa shape index (κ3) is 5.28. The van der Waals surface area contributed by atoms with Crippen LogP contribution in [-0.4, -0.2) is 37.3 Å². The van der Waals surface area contributed by atoms with E-state index in [0.717, 1.165) is 37.2 Å². The molecule has 0 aromatic heterocycles. The molecule has 36 heavy (non-hydrogen) atoms. The van der Waals surface area contributed by atoms with Gasteiger partial charge >= 0.3 is 0 Å². The lowest BCUT2D eigenvalue weighted by Gasteiger charge is -2.32. The van der Waals surface area contributed by atoms with Crippen molar-refractivity contribution in [3.05, 3.63) is 77.6 Å². The number of nitriles is 1. The summed E-state index contributed by atoms with van der Waals surface area (Å²) in [5.74, 6) is 2.06. The van der Waals surface area contributed by atoms with Gasteiger partial charge < -0.3 is 19.1 Å². The van der Waals surface area contributed by atoms with Gasteiger partial charge in [-0.1, -0.05) is 24.3 Å². The number of piperidine rings is 1. The van der Waals surface area contributed by atoms with Crippen LogP contribution in [0.25, 0.3) is 11.1 Å².